The molecule has 0 fully saturated rings. The van der Waals surface area contributed by atoms with Gasteiger partial charge < -0.3 is 19.4 Å². The zero-order valence-corrected chi connectivity index (χ0v) is 17.1. The maximum Gasteiger partial charge on any atom is 0.234 e. The summed E-state index contributed by atoms with van der Waals surface area (Å²) in [6, 6.07) is 11.4. The molecule has 3 rings (SSSR count). The Morgan fingerprint density at radius 3 is 2.69 bits per heavy atom. The van der Waals surface area contributed by atoms with Gasteiger partial charge in [-0.3, -0.25) is 4.79 Å². The molecule has 1 amide bonds. The van der Waals surface area contributed by atoms with Crippen LogP contribution in [0.5, 0.6) is 11.5 Å². The maximum absolute atomic E-state index is 13.5. The van der Waals surface area contributed by atoms with Crippen molar-refractivity contribution in [3.05, 3.63) is 48.3 Å². The Kier molecular flexibility index (Phi) is 6.71. The third kappa shape index (κ3) is 4.86. The first-order valence-corrected chi connectivity index (χ1v) is 9.88. The van der Waals surface area contributed by atoms with Crippen LogP contribution in [-0.2, 0) is 11.3 Å². The molecular weight excluding hydrogens is 395 g/mol. The smallest absolute Gasteiger partial charge is 0.234 e. The van der Waals surface area contributed by atoms with E-state index in [0.29, 0.717) is 40.3 Å². The van der Waals surface area contributed by atoms with Gasteiger partial charge in [-0.15, -0.1) is 10.2 Å². The van der Waals surface area contributed by atoms with Crippen LogP contribution >= 0.6 is 11.8 Å². The summed E-state index contributed by atoms with van der Waals surface area (Å²) in [6.45, 7) is 2.53. The Morgan fingerprint density at radius 1 is 1.17 bits per heavy atom. The molecule has 0 saturated carbocycles. The van der Waals surface area contributed by atoms with Crippen LogP contribution < -0.4 is 14.8 Å². The van der Waals surface area contributed by atoms with Crippen LogP contribution in [0.2, 0.25) is 0 Å². The highest BCUT2D eigenvalue weighted by Crippen LogP contribution is 2.29. The quantitative estimate of drug-likeness (QED) is 0.562. The van der Waals surface area contributed by atoms with Crippen molar-refractivity contribution < 1.29 is 18.7 Å². The molecule has 0 radical (unpaired) electrons. The second kappa shape index (κ2) is 9.42. The summed E-state index contributed by atoms with van der Waals surface area (Å²) in [5.74, 6) is 1.27. The number of carbonyl (C=O) groups excluding carboxylic acids is 1. The van der Waals surface area contributed by atoms with Crippen molar-refractivity contribution in [2.24, 2.45) is 0 Å². The van der Waals surface area contributed by atoms with Crippen molar-refractivity contribution in [1.82, 2.24) is 14.8 Å². The molecule has 0 saturated heterocycles. The van der Waals surface area contributed by atoms with Crippen LogP contribution in [0.3, 0.4) is 0 Å². The molecule has 0 atom stereocenters. The third-order valence-electron chi connectivity index (χ3n) is 4.13. The fourth-order valence-corrected chi connectivity index (χ4v) is 3.55. The van der Waals surface area contributed by atoms with Crippen molar-refractivity contribution >= 4 is 23.4 Å². The summed E-state index contributed by atoms with van der Waals surface area (Å²) in [5, 5.41) is 11.7. The number of hydrogen-bond donors (Lipinski definition) is 1. The molecule has 3 aromatic rings. The lowest BCUT2D eigenvalue weighted by Crippen LogP contribution is -2.15. The zero-order chi connectivity index (χ0) is 20.8. The van der Waals surface area contributed by atoms with Gasteiger partial charge in [0.1, 0.15) is 17.3 Å². The first-order valence-electron chi connectivity index (χ1n) is 8.89. The van der Waals surface area contributed by atoms with E-state index in [1.807, 2.05) is 11.5 Å². The van der Waals surface area contributed by atoms with Crippen LogP contribution in [-0.4, -0.2) is 40.6 Å². The Labute approximate surface area is 172 Å². The molecule has 0 aliphatic carbocycles. The van der Waals surface area contributed by atoms with Crippen LogP contribution in [0.25, 0.3) is 11.4 Å². The van der Waals surface area contributed by atoms with Crippen LogP contribution in [0, 0.1) is 5.82 Å². The number of aromatic nitrogens is 3. The predicted octanol–water partition coefficient (Wildman–Crippen LogP) is 3.85. The molecule has 0 aliphatic rings. The fourth-order valence-electron chi connectivity index (χ4n) is 2.75. The minimum atomic E-state index is -0.339. The Hall–Kier alpha value is -3.07. The van der Waals surface area contributed by atoms with E-state index in [2.05, 4.69) is 15.5 Å². The molecule has 1 heterocycles. The van der Waals surface area contributed by atoms with Crippen LogP contribution in [0.4, 0.5) is 10.1 Å². The standard InChI is InChI=1S/C20H21FN4O3S/c1-4-25-19(13-6-5-7-14(21)10-13)23-24-20(25)29-12-18(26)22-16-11-15(27-2)8-9-17(16)28-3/h5-11H,4,12H2,1-3H3,(H,22,26). The van der Waals surface area contributed by atoms with Crippen molar-refractivity contribution in [3.8, 4) is 22.9 Å². The van der Waals surface area contributed by atoms with E-state index in [4.69, 9.17) is 9.47 Å². The van der Waals surface area contributed by atoms with Crippen LogP contribution in [0.15, 0.2) is 47.6 Å². The van der Waals surface area contributed by atoms with E-state index >= 15 is 0 Å². The van der Waals surface area contributed by atoms with Gasteiger partial charge in [0, 0.05) is 18.2 Å². The van der Waals surface area contributed by atoms with Gasteiger partial charge in [0.15, 0.2) is 11.0 Å². The molecule has 7 nitrogen and oxygen atoms in total. The van der Waals surface area contributed by atoms with Crippen molar-refractivity contribution in [2.75, 3.05) is 25.3 Å². The molecule has 0 spiro atoms. The number of anilines is 1. The van der Waals surface area contributed by atoms with Gasteiger partial charge in [-0.2, -0.15) is 0 Å². The van der Waals surface area contributed by atoms with E-state index < -0.39 is 0 Å². The number of nitrogens with zero attached hydrogens (tertiary/aromatic N) is 3. The monoisotopic (exact) mass is 416 g/mol. The Bertz CT molecular complexity index is 1010. The second-order valence-electron chi connectivity index (χ2n) is 5.96. The molecule has 152 valence electrons. The van der Waals surface area contributed by atoms with Gasteiger partial charge in [0.2, 0.25) is 5.91 Å². The zero-order valence-electron chi connectivity index (χ0n) is 16.3. The summed E-state index contributed by atoms with van der Waals surface area (Å²) < 4.78 is 25.8. The number of amides is 1. The highest BCUT2D eigenvalue weighted by Gasteiger charge is 2.16. The van der Waals surface area contributed by atoms with Crippen molar-refractivity contribution in [1.29, 1.82) is 0 Å². The highest BCUT2D eigenvalue weighted by molar-refractivity contribution is 7.99. The molecule has 0 unspecified atom stereocenters. The number of ether oxygens (including phenoxy) is 2. The minimum Gasteiger partial charge on any atom is -0.497 e. The number of hydrogen-bond acceptors (Lipinski definition) is 6. The van der Waals surface area contributed by atoms with E-state index in [-0.39, 0.29) is 17.5 Å². The highest BCUT2D eigenvalue weighted by atomic mass is 32.2. The summed E-state index contributed by atoms with van der Waals surface area (Å²) in [7, 11) is 3.08. The average molecular weight is 416 g/mol. The number of benzene rings is 2. The fraction of sp³-hybridized carbons (Fsp3) is 0.250. The van der Waals surface area contributed by atoms with Gasteiger partial charge in [-0.05, 0) is 31.2 Å². The van der Waals surface area contributed by atoms with E-state index in [0.717, 1.165) is 0 Å². The van der Waals surface area contributed by atoms with Gasteiger partial charge in [0.25, 0.3) is 0 Å². The van der Waals surface area contributed by atoms with Gasteiger partial charge in [-0.25, -0.2) is 4.39 Å². The lowest BCUT2D eigenvalue weighted by Gasteiger charge is -2.12. The number of halogens is 1. The predicted molar refractivity (Wildman–Crippen MR) is 110 cm³/mol. The molecule has 29 heavy (non-hydrogen) atoms. The maximum atomic E-state index is 13.5. The van der Waals surface area contributed by atoms with Gasteiger partial charge in [0.05, 0.1) is 25.7 Å². The minimum absolute atomic E-state index is 0.127. The molecule has 1 aromatic heterocycles. The molecule has 2 aromatic carbocycles. The summed E-state index contributed by atoms with van der Waals surface area (Å²) in [4.78, 5) is 12.4. The van der Waals surface area contributed by atoms with Crippen LogP contribution in [0.1, 0.15) is 6.92 Å². The molecule has 0 bridgehead atoms. The number of carbonyl (C=O) groups is 1. The second-order valence-corrected chi connectivity index (χ2v) is 6.91. The Morgan fingerprint density at radius 2 is 2.00 bits per heavy atom. The van der Waals surface area contributed by atoms with E-state index in [1.54, 1.807) is 37.4 Å². The lowest BCUT2D eigenvalue weighted by atomic mass is 10.2. The summed E-state index contributed by atoms with van der Waals surface area (Å²) >= 11 is 1.25. The molecule has 1 N–H and O–H groups in total. The number of rotatable bonds is 8. The van der Waals surface area contributed by atoms with Gasteiger partial charge >= 0.3 is 0 Å². The number of nitrogens with one attached hydrogen (secondary N) is 1. The summed E-state index contributed by atoms with van der Waals surface area (Å²) in [6.07, 6.45) is 0. The molecule has 0 aliphatic heterocycles. The normalized spacial score (nSPS) is 10.6. The van der Waals surface area contributed by atoms with E-state index in [1.165, 1.54) is 31.0 Å². The first-order chi connectivity index (χ1) is 14.0. The van der Waals surface area contributed by atoms with Crippen molar-refractivity contribution in [3.63, 3.8) is 0 Å². The topological polar surface area (TPSA) is 78.3 Å². The number of methoxy groups -OCH3 is 2. The number of thioether (sulfide) groups is 1. The van der Waals surface area contributed by atoms with Crippen molar-refractivity contribution in [2.45, 2.75) is 18.6 Å². The van der Waals surface area contributed by atoms with Gasteiger partial charge in [-0.1, -0.05) is 23.9 Å². The lowest BCUT2D eigenvalue weighted by molar-refractivity contribution is -0.113. The first kappa shape index (κ1) is 20.7. The third-order valence-corrected chi connectivity index (χ3v) is 5.10. The molecule has 9 heteroatoms. The largest absolute Gasteiger partial charge is 0.497 e. The van der Waals surface area contributed by atoms with E-state index in [9.17, 15) is 9.18 Å². The SMILES string of the molecule is CCn1c(SCC(=O)Nc2cc(OC)ccc2OC)nnc1-c1cccc(F)c1. The molecular formula is C20H21FN4O3S. The summed E-state index contributed by atoms with van der Waals surface area (Å²) in [5.41, 5.74) is 1.16. The average Bonchev–Trinajstić information content (AvgIpc) is 3.15. The Balaban J connectivity index is 1.71.